The predicted octanol–water partition coefficient (Wildman–Crippen LogP) is 0.943. The van der Waals surface area contributed by atoms with Crippen LogP contribution in [0.4, 0.5) is 32.0 Å². The summed E-state index contributed by atoms with van der Waals surface area (Å²) in [5.41, 5.74) is 15.2. The highest BCUT2D eigenvalue weighted by Gasteiger charge is 2.32. The Morgan fingerprint density at radius 1 is 0.956 bits per heavy atom. The average molecular weight is 652 g/mol. The van der Waals surface area contributed by atoms with Crippen LogP contribution in [-0.2, 0) is 26.7 Å². The van der Waals surface area contributed by atoms with E-state index in [2.05, 4.69) is 5.32 Å². The van der Waals surface area contributed by atoms with Crippen molar-refractivity contribution < 1.29 is 50.8 Å². The third kappa shape index (κ3) is 16.8. The zero-order chi connectivity index (χ0) is 34.8. The van der Waals surface area contributed by atoms with Crippen LogP contribution in [0.15, 0.2) is 42.5 Å². The number of rotatable bonds is 12. The van der Waals surface area contributed by atoms with Gasteiger partial charge >= 0.3 is 19.5 Å². The third-order valence-electron chi connectivity index (χ3n) is 5.69. The zero-order valence-corrected chi connectivity index (χ0v) is 24.8. The van der Waals surface area contributed by atoms with Crippen LogP contribution >= 0.6 is 0 Å². The van der Waals surface area contributed by atoms with Crippen molar-refractivity contribution in [2.45, 2.75) is 45.1 Å². The van der Waals surface area contributed by atoms with Crippen LogP contribution in [0.2, 0.25) is 0 Å². The van der Waals surface area contributed by atoms with Gasteiger partial charge in [0.2, 0.25) is 18.2 Å². The van der Waals surface area contributed by atoms with Crippen molar-refractivity contribution in [1.29, 1.82) is 0 Å². The molecule has 0 saturated heterocycles. The predicted molar refractivity (Wildman–Crippen MR) is 158 cm³/mol. The number of carbonyl (C=O) groups is 3. The first-order valence-electron chi connectivity index (χ1n) is 13.5. The number of hydrogen-bond acceptors (Lipinski definition) is 8. The second-order valence-corrected chi connectivity index (χ2v) is 9.34. The fraction of sp³-hybridized carbons (Fsp3) is 0.444. The second kappa shape index (κ2) is 20.3. The molecule has 0 saturated carbocycles. The van der Waals surface area contributed by atoms with Crippen LogP contribution in [0.3, 0.4) is 0 Å². The molecule has 0 aliphatic rings. The Bertz CT molecular complexity index is 1180. The first-order valence-corrected chi connectivity index (χ1v) is 13.5. The standard InChI is InChI=1S/C11H25N5O2.C8H7BF3NO3.C8H7F3/c1-2-15-11(18)9(14)3-4-10(17)16(7-5-12)8-6-13;10-8(11,12)5-1-6(9(15)16)3-7(2-5)13-4-14;1-6-2-4-7(5-3-6)8(9,10)11/h9H,2-8,12-14H2,1H3,(H,15,18);1-4,15-16H,(H,13,14);2-5H,1H3. The summed E-state index contributed by atoms with van der Waals surface area (Å²) in [4.78, 5) is 34.9. The molecule has 0 fully saturated rings. The maximum atomic E-state index is 12.4. The number of hydrogen-bond donors (Lipinski definition) is 7. The zero-order valence-electron chi connectivity index (χ0n) is 24.8. The Morgan fingerprint density at radius 3 is 1.91 bits per heavy atom. The molecule has 0 aliphatic heterocycles. The molecule has 10 N–H and O–H groups in total. The molecule has 2 aromatic carbocycles. The van der Waals surface area contributed by atoms with Gasteiger partial charge in [0.1, 0.15) is 0 Å². The van der Waals surface area contributed by atoms with E-state index in [1.165, 1.54) is 12.1 Å². The van der Waals surface area contributed by atoms with Crippen molar-refractivity contribution in [3.05, 3.63) is 59.2 Å². The van der Waals surface area contributed by atoms with Crippen LogP contribution in [0.5, 0.6) is 0 Å². The van der Waals surface area contributed by atoms with E-state index in [1.54, 1.807) is 11.8 Å². The van der Waals surface area contributed by atoms with Crippen molar-refractivity contribution in [3.63, 3.8) is 0 Å². The first-order chi connectivity index (χ1) is 20.9. The summed E-state index contributed by atoms with van der Waals surface area (Å²) >= 11 is 0. The van der Waals surface area contributed by atoms with Gasteiger partial charge in [-0.2, -0.15) is 26.3 Å². The van der Waals surface area contributed by atoms with Crippen LogP contribution in [0.25, 0.3) is 0 Å². The molecule has 1 atom stereocenters. The van der Waals surface area contributed by atoms with Crippen molar-refractivity contribution in [2.24, 2.45) is 17.2 Å². The molecule has 0 spiro atoms. The molecule has 0 bridgehead atoms. The molecule has 11 nitrogen and oxygen atoms in total. The molecular formula is C27H39BF6N6O5. The monoisotopic (exact) mass is 652 g/mol. The molecule has 252 valence electrons. The maximum Gasteiger partial charge on any atom is 0.488 e. The SMILES string of the molecule is CCNC(=O)C(N)CCC(=O)N(CCN)CCN.Cc1ccc(C(F)(F)F)cc1.O=CNc1cc(B(O)O)cc(C(F)(F)F)c1. The highest BCUT2D eigenvalue weighted by atomic mass is 19.4. The van der Waals surface area contributed by atoms with Gasteiger partial charge < -0.3 is 42.8 Å². The fourth-order valence-electron chi connectivity index (χ4n) is 3.40. The van der Waals surface area contributed by atoms with Crippen molar-refractivity contribution >= 4 is 36.5 Å². The van der Waals surface area contributed by atoms with Gasteiger partial charge in [-0.05, 0) is 50.0 Å². The Kier molecular flexibility index (Phi) is 18.7. The second-order valence-electron chi connectivity index (χ2n) is 9.34. The summed E-state index contributed by atoms with van der Waals surface area (Å²) in [7, 11) is -2.03. The molecule has 45 heavy (non-hydrogen) atoms. The number of likely N-dealkylation sites (N-methyl/N-ethyl adjacent to an activating group) is 1. The fourth-order valence-corrected chi connectivity index (χ4v) is 3.40. The molecule has 0 heterocycles. The van der Waals surface area contributed by atoms with Gasteiger partial charge in [0, 0.05) is 44.8 Å². The van der Waals surface area contributed by atoms with E-state index in [4.69, 9.17) is 27.2 Å². The van der Waals surface area contributed by atoms with E-state index in [9.17, 15) is 40.7 Å². The smallest absolute Gasteiger partial charge is 0.423 e. The van der Waals surface area contributed by atoms with E-state index in [0.717, 1.165) is 23.8 Å². The number of alkyl halides is 6. The normalized spacial score (nSPS) is 11.6. The van der Waals surface area contributed by atoms with E-state index in [1.807, 2.05) is 12.2 Å². The lowest BCUT2D eigenvalue weighted by Gasteiger charge is -2.21. The van der Waals surface area contributed by atoms with Crippen molar-refractivity contribution in [3.8, 4) is 0 Å². The van der Waals surface area contributed by atoms with Crippen LogP contribution in [-0.4, -0.2) is 79.1 Å². The molecule has 0 radical (unpaired) electrons. The quantitative estimate of drug-likeness (QED) is 0.0999. The lowest BCUT2D eigenvalue weighted by atomic mass is 9.79. The third-order valence-corrected chi connectivity index (χ3v) is 5.69. The van der Waals surface area contributed by atoms with E-state index in [-0.39, 0.29) is 35.8 Å². The minimum Gasteiger partial charge on any atom is -0.423 e. The molecule has 3 amide bonds. The maximum absolute atomic E-state index is 12.4. The average Bonchev–Trinajstić information content (AvgIpc) is 2.95. The highest BCUT2D eigenvalue weighted by molar-refractivity contribution is 6.58. The minimum absolute atomic E-state index is 0.0642. The Balaban J connectivity index is 0.000000662. The van der Waals surface area contributed by atoms with Gasteiger partial charge in [0.25, 0.3) is 0 Å². The number of nitrogens with two attached hydrogens (primary N) is 3. The van der Waals surface area contributed by atoms with Crippen LogP contribution in [0, 0.1) is 6.92 Å². The largest absolute Gasteiger partial charge is 0.488 e. The van der Waals surface area contributed by atoms with Gasteiger partial charge in [-0.3, -0.25) is 14.4 Å². The van der Waals surface area contributed by atoms with E-state index >= 15 is 0 Å². The lowest BCUT2D eigenvalue weighted by molar-refractivity contribution is -0.138. The number of amides is 3. The summed E-state index contributed by atoms with van der Waals surface area (Å²) in [5.74, 6) is -0.292. The van der Waals surface area contributed by atoms with E-state index < -0.39 is 36.6 Å². The molecule has 0 aromatic heterocycles. The van der Waals surface area contributed by atoms with Crippen molar-refractivity contribution in [2.75, 3.05) is 38.0 Å². The summed E-state index contributed by atoms with van der Waals surface area (Å²) < 4.78 is 72.9. The molecule has 18 heteroatoms. The summed E-state index contributed by atoms with van der Waals surface area (Å²) in [6.45, 7) is 5.86. The van der Waals surface area contributed by atoms with Gasteiger partial charge in [-0.1, -0.05) is 23.8 Å². The summed E-state index contributed by atoms with van der Waals surface area (Å²) in [6, 6.07) is 6.73. The minimum atomic E-state index is -4.62. The number of halogens is 6. The van der Waals surface area contributed by atoms with Gasteiger partial charge in [-0.15, -0.1) is 0 Å². The molecular weight excluding hydrogens is 613 g/mol. The van der Waals surface area contributed by atoms with Crippen LogP contribution < -0.4 is 33.3 Å². The lowest BCUT2D eigenvalue weighted by Crippen LogP contribution is -2.43. The molecule has 0 aliphatic carbocycles. The topological polar surface area (TPSA) is 197 Å². The number of nitrogens with zero attached hydrogens (tertiary/aromatic N) is 1. The summed E-state index contributed by atoms with van der Waals surface area (Å²) in [5, 5.41) is 22.2. The van der Waals surface area contributed by atoms with Gasteiger partial charge in [0.15, 0.2) is 0 Å². The number of aryl methyl sites for hydroxylation is 1. The van der Waals surface area contributed by atoms with E-state index in [0.29, 0.717) is 51.3 Å². The highest BCUT2D eigenvalue weighted by Crippen LogP contribution is 2.30. The molecule has 2 rings (SSSR count). The van der Waals surface area contributed by atoms with Gasteiger partial charge in [-0.25, -0.2) is 0 Å². The number of carbonyl (C=O) groups excluding carboxylic acids is 3. The number of benzene rings is 2. The Hall–Kier alpha value is -3.71. The first kappa shape index (κ1) is 41.3. The molecule has 1 unspecified atom stereocenters. The molecule has 2 aromatic rings. The number of anilines is 1. The van der Waals surface area contributed by atoms with Crippen molar-refractivity contribution in [1.82, 2.24) is 10.2 Å². The number of nitrogens with one attached hydrogen (secondary N) is 2. The Labute approximate surface area is 257 Å². The van der Waals surface area contributed by atoms with Gasteiger partial charge in [0.05, 0.1) is 17.2 Å². The van der Waals surface area contributed by atoms with Crippen LogP contribution in [0.1, 0.15) is 36.5 Å². The Morgan fingerprint density at radius 2 is 1.49 bits per heavy atom. The summed E-state index contributed by atoms with van der Waals surface area (Å²) in [6.07, 6.45) is -8.07.